The fraction of sp³-hybridized carbons (Fsp3) is 0.571. The van der Waals surface area contributed by atoms with Gasteiger partial charge in [0, 0.05) is 18.2 Å². The summed E-state index contributed by atoms with van der Waals surface area (Å²) in [6, 6.07) is 2.06. The molecule has 102 valence electrons. The Bertz CT molecular complexity index is 491. The second-order valence-corrected chi connectivity index (χ2v) is 5.51. The summed E-state index contributed by atoms with van der Waals surface area (Å²) in [5.74, 6) is 0.527. The highest BCUT2D eigenvalue weighted by molar-refractivity contribution is 5.77. The summed E-state index contributed by atoms with van der Waals surface area (Å²) >= 11 is 0. The number of hydrogen-bond acceptors (Lipinski definition) is 4. The minimum atomic E-state index is 0.00857. The first-order valence-electron chi connectivity index (χ1n) is 6.79. The number of nitrogens with one attached hydrogen (secondary N) is 1. The molecular weight excluding hydrogens is 242 g/mol. The molecule has 4 atom stereocenters. The minimum Gasteiger partial charge on any atom is -0.397 e. The summed E-state index contributed by atoms with van der Waals surface area (Å²) < 4.78 is 6.15. The Morgan fingerprint density at radius 1 is 1.53 bits per heavy atom. The van der Waals surface area contributed by atoms with E-state index in [4.69, 9.17) is 10.5 Å². The fourth-order valence-electron chi connectivity index (χ4n) is 3.13. The summed E-state index contributed by atoms with van der Waals surface area (Å²) in [5.41, 5.74) is 7.66. The smallest absolute Gasteiger partial charge is 0.220 e. The van der Waals surface area contributed by atoms with Gasteiger partial charge in [-0.15, -0.1) is 0 Å². The van der Waals surface area contributed by atoms with Gasteiger partial charge in [-0.1, -0.05) is 6.92 Å². The molecule has 1 aromatic heterocycles. The number of pyridine rings is 1. The molecule has 5 nitrogen and oxygen atoms in total. The number of nitrogen functional groups attached to an aromatic ring is 1. The SMILES string of the molecule is C[C@@H]1C[C@H](c2ccncc2N)O[C@@H]2CCC(=O)N[C@H]12. The molecule has 2 fully saturated rings. The fourth-order valence-corrected chi connectivity index (χ4v) is 3.13. The number of hydrogen-bond donors (Lipinski definition) is 2. The number of rotatable bonds is 1. The molecule has 3 rings (SSSR count). The summed E-state index contributed by atoms with van der Waals surface area (Å²) in [4.78, 5) is 15.5. The Hall–Kier alpha value is -1.62. The van der Waals surface area contributed by atoms with Gasteiger partial charge < -0.3 is 15.8 Å². The van der Waals surface area contributed by atoms with Gasteiger partial charge >= 0.3 is 0 Å². The number of fused-ring (bicyclic) bond motifs is 1. The van der Waals surface area contributed by atoms with Crippen molar-refractivity contribution < 1.29 is 9.53 Å². The maximum Gasteiger partial charge on any atom is 0.220 e. The molecule has 0 bridgehead atoms. The van der Waals surface area contributed by atoms with Gasteiger partial charge in [-0.2, -0.15) is 0 Å². The van der Waals surface area contributed by atoms with Crippen LogP contribution in [0.5, 0.6) is 0 Å². The maximum absolute atomic E-state index is 11.5. The van der Waals surface area contributed by atoms with E-state index in [-0.39, 0.29) is 24.2 Å². The summed E-state index contributed by atoms with van der Waals surface area (Å²) in [6.45, 7) is 2.16. The first-order valence-corrected chi connectivity index (χ1v) is 6.79. The van der Waals surface area contributed by atoms with Crippen LogP contribution in [0.15, 0.2) is 18.5 Å². The van der Waals surface area contributed by atoms with E-state index in [9.17, 15) is 4.79 Å². The number of nitrogens with two attached hydrogens (primary N) is 1. The molecule has 0 aliphatic carbocycles. The molecule has 5 heteroatoms. The van der Waals surface area contributed by atoms with Crippen LogP contribution in [-0.2, 0) is 9.53 Å². The summed E-state index contributed by atoms with van der Waals surface area (Å²) in [5, 5.41) is 3.05. The third-order valence-corrected chi connectivity index (χ3v) is 4.16. The molecule has 2 saturated heterocycles. The van der Waals surface area contributed by atoms with Crippen molar-refractivity contribution in [3.63, 3.8) is 0 Å². The zero-order chi connectivity index (χ0) is 13.4. The average molecular weight is 261 g/mol. The molecule has 2 aliphatic heterocycles. The van der Waals surface area contributed by atoms with E-state index in [0.29, 0.717) is 18.0 Å². The van der Waals surface area contributed by atoms with Crippen molar-refractivity contribution in [1.29, 1.82) is 0 Å². The van der Waals surface area contributed by atoms with Crippen molar-refractivity contribution >= 4 is 11.6 Å². The molecule has 0 aromatic carbocycles. The van der Waals surface area contributed by atoms with E-state index < -0.39 is 0 Å². The van der Waals surface area contributed by atoms with Crippen LogP contribution in [-0.4, -0.2) is 23.0 Å². The Labute approximate surface area is 112 Å². The van der Waals surface area contributed by atoms with Crippen LogP contribution < -0.4 is 11.1 Å². The van der Waals surface area contributed by atoms with Crippen LogP contribution in [0.25, 0.3) is 0 Å². The molecular formula is C14H19N3O2. The largest absolute Gasteiger partial charge is 0.397 e. The first-order chi connectivity index (χ1) is 9.15. The van der Waals surface area contributed by atoms with Gasteiger partial charge in [-0.25, -0.2) is 0 Å². The number of anilines is 1. The van der Waals surface area contributed by atoms with Crippen molar-refractivity contribution in [3.8, 4) is 0 Å². The lowest BCUT2D eigenvalue weighted by Crippen LogP contribution is -2.55. The van der Waals surface area contributed by atoms with Crippen LogP contribution in [0.2, 0.25) is 0 Å². The van der Waals surface area contributed by atoms with Gasteiger partial charge in [0.25, 0.3) is 0 Å². The Morgan fingerprint density at radius 2 is 2.37 bits per heavy atom. The Balaban J connectivity index is 1.81. The number of carbonyl (C=O) groups excluding carboxylic acids is 1. The number of piperidine rings is 1. The van der Waals surface area contributed by atoms with E-state index in [0.717, 1.165) is 18.4 Å². The molecule has 1 amide bonds. The highest BCUT2D eigenvalue weighted by atomic mass is 16.5. The van der Waals surface area contributed by atoms with Crippen molar-refractivity contribution in [2.75, 3.05) is 5.73 Å². The molecule has 2 aliphatic rings. The van der Waals surface area contributed by atoms with Crippen LogP contribution in [0.1, 0.15) is 37.9 Å². The Morgan fingerprint density at radius 3 is 3.16 bits per heavy atom. The number of carbonyl (C=O) groups is 1. The topological polar surface area (TPSA) is 77.2 Å². The lowest BCUT2D eigenvalue weighted by Gasteiger charge is -2.43. The average Bonchev–Trinajstić information content (AvgIpc) is 2.40. The van der Waals surface area contributed by atoms with E-state index in [2.05, 4.69) is 17.2 Å². The van der Waals surface area contributed by atoms with Gasteiger partial charge in [0.15, 0.2) is 0 Å². The van der Waals surface area contributed by atoms with Crippen molar-refractivity contribution in [1.82, 2.24) is 10.3 Å². The third-order valence-electron chi connectivity index (χ3n) is 4.16. The lowest BCUT2D eigenvalue weighted by molar-refractivity contribution is -0.140. The van der Waals surface area contributed by atoms with Crippen LogP contribution in [0.4, 0.5) is 5.69 Å². The molecule has 19 heavy (non-hydrogen) atoms. The van der Waals surface area contributed by atoms with Gasteiger partial charge in [-0.05, 0) is 24.8 Å². The van der Waals surface area contributed by atoms with Crippen LogP contribution in [0.3, 0.4) is 0 Å². The predicted molar refractivity (Wildman–Crippen MR) is 71.2 cm³/mol. The molecule has 0 unspecified atom stereocenters. The quantitative estimate of drug-likeness (QED) is 0.801. The zero-order valence-electron chi connectivity index (χ0n) is 11.0. The van der Waals surface area contributed by atoms with Gasteiger partial charge in [0.2, 0.25) is 5.91 Å². The highest BCUT2D eigenvalue weighted by Crippen LogP contribution is 2.39. The molecule has 0 spiro atoms. The Kier molecular flexibility index (Phi) is 3.14. The van der Waals surface area contributed by atoms with E-state index in [1.807, 2.05) is 6.07 Å². The van der Waals surface area contributed by atoms with Crippen molar-refractivity contribution in [3.05, 3.63) is 24.0 Å². The number of amides is 1. The van der Waals surface area contributed by atoms with E-state index in [1.54, 1.807) is 12.4 Å². The van der Waals surface area contributed by atoms with Crippen LogP contribution in [0, 0.1) is 5.92 Å². The molecule has 3 heterocycles. The zero-order valence-corrected chi connectivity index (χ0v) is 11.0. The lowest BCUT2D eigenvalue weighted by atomic mass is 9.82. The van der Waals surface area contributed by atoms with Gasteiger partial charge in [0.05, 0.1) is 30.1 Å². The van der Waals surface area contributed by atoms with E-state index >= 15 is 0 Å². The minimum absolute atomic E-state index is 0.00857. The third kappa shape index (κ3) is 2.30. The molecule has 1 aromatic rings. The molecule has 0 saturated carbocycles. The highest BCUT2D eigenvalue weighted by Gasteiger charge is 2.40. The number of nitrogens with zero attached hydrogens (tertiary/aromatic N) is 1. The normalized spacial score (nSPS) is 34.5. The second kappa shape index (κ2) is 4.81. The first kappa shape index (κ1) is 12.4. The maximum atomic E-state index is 11.5. The molecule has 0 radical (unpaired) electrons. The summed E-state index contributed by atoms with van der Waals surface area (Å²) in [6.07, 6.45) is 5.73. The van der Waals surface area contributed by atoms with Crippen LogP contribution >= 0.6 is 0 Å². The van der Waals surface area contributed by atoms with Crippen molar-refractivity contribution in [2.45, 2.75) is 44.4 Å². The number of ether oxygens (including phenoxy) is 1. The molecule has 3 N–H and O–H groups in total. The van der Waals surface area contributed by atoms with Gasteiger partial charge in [0.1, 0.15) is 0 Å². The van der Waals surface area contributed by atoms with Crippen molar-refractivity contribution in [2.24, 2.45) is 5.92 Å². The second-order valence-electron chi connectivity index (χ2n) is 5.51. The standard InChI is InChI=1S/C14H19N3O2/c1-8-6-12(9-4-5-16-7-10(9)15)19-11-2-3-13(18)17-14(8)11/h4-5,7-8,11-12,14H,2-3,6,15H2,1H3,(H,17,18)/t8-,11-,12-,14-/m1/s1. The monoisotopic (exact) mass is 261 g/mol. The van der Waals surface area contributed by atoms with Gasteiger partial charge in [-0.3, -0.25) is 9.78 Å². The summed E-state index contributed by atoms with van der Waals surface area (Å²) in [7, 11) is 0. The van der Waals surface area contributed by atoms with E-state index in [1.165, 1.54) is 0 Å². The number of aromatic nitrogens is 1. The predicted octanol–water partition coefficient (Wildman–Crippen LogP) is 1.41.